The van der Waals surface area contributed by atoms with Crippen molar-refractivity contribution in [1.82, 2.24) is 5.16 Å². The molecule has 0 unspecified atom stereocenters. The van der Waals surface area contributed by atoms with Crippen molar-refractivity contribution in [2.75, 3.05) is 0 Å². The minimum Gasteiger partial charge on any atom is -0.507 e. The van der Waals surface area contributed by atoms with Crippen LogP contribution in [0.1, 0.15) is 10.6 Å². The van der Waals surface area contributed by atoms with E-state index >= 15 is 0 Å². The zero-order valence-electron chi connectivity index (χ0n) is 7.85. The molecule has 1 aromatic heterocycles. The van der Waals surface area contributed by atoms with Crippen molar-refractivity contribution in [2.24, 2.45) is 0 Å². The van der Waals surface area contributed by atoms with Gasteiger partial charge in [-0.15, -0.1) is 0 Å². The predicted octanol–water partition coefficient (Wildman–Crippen LogP) is 2.51. The van der Waals surface area contributed by atoms with Crippen LogP contribution in [-0.4, -0.2) is 21.3 Å². The lowest BCUT2D eigenvalue weighted by Crippen LogP contribution is -1.96. The second-order valence-electron chi connectivity index (χ2n) is 3.00. The highest BCUT2D eigenvalue weighted by Gasteiger charge is 2.23. The van der Waals surface area contributed by atoms with Crippen molar-refractivity contribution in [3.63, 3.8) is 0 Å². The summed E-state index contributed by atoms with van der Waals surface area (Å²) in [5.74, 6) is -1.58. The fraction of sp³-hybridized carbons (Fsp3) is 0. The molecule has 82 valence electrons. The van der Waals surface area contributed by atoms with Gasteiger partial charge in [-0.1, -0.05) is 23.4 Å². The first-order valence-electron chi connectivity index (χ1n) is 4.28. The molecule has 6 heteroatoms. The summed E-state index contributed by atoms with van der Waals surface area (Å²) in [6.45, 7) is 0. The first-order chi connectivity index (χ1) is 7.61. The molecule has 5 nitrogen and oxygen atoms in total. The number of carboxylic acids is 1. The number of halogens is 1. The van der Waals surface area contributed by atoms with Crippen molar-refractivity contribution in [2.45, 2.75) is 0 Å². The van der Waals surface area contributed by atoms with E-state index in [0.717, 1.165) is 0 Å². The average molecular weight is 284 g/mol. The molecule has 0 aliphatic heterocycles. The summed E-state index contributed by atoms with van der Waals surface area (Å²) < 4.78 is 4.90. The Bertz CT molecular complexity index is 550. The first-order valence-corrected chi connectivity index (χ1v) is 5.07. The molecule has 0 aliphatic rings. The Morgan fingerprint density at radius 1 is 1.38 bits per heavy atom. The highest BCUT2D eigenvalue weighted by atomic mass is 79.9. The minimum absolute atomic E-state index is 0.0334. The van der Waals surface area contributed by atoms with Gasteiger partial charge in [-0.2, -0.15) is 0 Å². The Balaban J connectivity index is 2.68. The summed E-state index contributed by atoms with van der Waals surface area (Å²) >= 11 is 3.08. The number of aromatic nitrogens is 1. The zero-order valence-corrected chi connectivity index (χ0v) is 9.43. The topological polar surface area (TPSA) is 83.6 Å². The molecule has 16 heavy (non-hydrogen) atoms. The van der Waals surface area contributed by atoms with Crippen LogP contribution in [0, 0.1) is 0 Å². The number of aromatic carboxylic acids is 1. The second kappa shape index (κ2) is 3.97. The van der Waals surface area contributed by atoms with Gasteiger partial charge >= 0.3 is 5.97 Å². The molecule has 2 rings (SSSR count). The highest BCUT2D eigenvalue weighted by molar-refractivity contribution is 9.10. The van der Waals surface area contributed by atoms with Gasteiger partial charge in [-0.05, 0) is 22.0 Å². The van der Waals surface area contributed by atoms with E-state index in [1.807, 2.05) is 0 Å². The standard InChI is InChI=1S/C10H6BrNO4/c11-9-7(8(10(14)15)16-12-9)5-3-1-2-4-6(5)13/h1-4,13H,(H,14,15). The van der Waals surface area contributed by atoms with E-state index in [9.17, 15) is 9.90 Å². The summed E-state index contributed by atoms with van der Waals surface area (Å²) in [7, 11) is 0. The van der Waals surface area contributed by atoms with Crippen LogP contribution < -0.4 is 0 Å². The van der Waals surface area contributed by atoms with Gasteiger partial charge in [0.05, 0.1) is 5.56 Å². The number of hydrogen-bond acceptors (Lipinski definition) is 4. The molecule has 0 fully saturated rings. The molecule has 0 amide bonds. The zero-order chi connectivity index (χ0) is 11.7. The third-order valence-electron chi connectivity index (χ3n) is 2.02. The van der Waals surface area contributed by atoms with Crippen LogP contribution in [0.4, 0.5) is 0 Å². The van der Waals surface area contributed by atoms with Crippen LogP contribution in [0.3, 0.4) is 0 Å². The number of para-hydroxylation sites is 1. The molecule has 2 N–H and O–H groups in total. The van der Waals surface area contributed by atoms with Gasteiger partial charge < -0.3 is 14.7 Å². The van der Waals surface area contributed by atoms with E-state index in [0.29, 0.717) is 5.56 Å². The molecular formula is C10H6BrNO4. The fourth-order valence-electron chi connectivity index (χ4n) is 1.34. The van der Waals surface area contributed by atoms with Crippen LogP contribution in [0.25, 0.3) is 11.1 Å². The minimum atomic E-state index is -1.24. The van der Waals surface area contributed by atoms with E-state index in [-0.39, 0.29) is 21.7 Å². The number of carboxylic acid groups (broad SMARTS) is 1. The van der Waals surface area contributed by atoms with Crippen LogP contribution in [0.15, 0.2) is 33.4 Å². The molecule has 0 saturated heterocycles. The smallest absolute Gasteiger partial charge is 0.375 e. The predicted molar refractivity (Wildman–Crippen MR) is 58.3 cm³/mol. The van der Waals surface area contributed by atoms with E-state index in [2.05, 4.69) is 25.6 Å². The van der Waals surface area contributed by atoms with Gasteiger partial charge in [0.1, 0.15) is 5.75 Å². The number of hydrogen-bond donors (Lipinski definition) is 2. The number of phenols is 1. The molecule has 0 aliphatic carbocycles. The Hall–Kier alpha value is -1.82. The molecule has 1 aromatic carbocycles. The fourth-order valence-corrected chi connectivity index (χ4v) is 1.80. The third kappa shape index (κ3) is 1.67. The molecule has 2 aromatic rings. The van der Waals surface area contributed by atoms with E-state index < -0.39 is 5.97 Å². The summed E-state index contributed by atoms with van der Waals surface area (Å²) in [5, 5.41) is 22.0. The molecule has 0 bridgehead atoms. The van der Waals surface area contributed by atoms with Crippen molar-refractivity contribution in [1.29, 1.82) is 0 Å². The maximum atomic E-state index is 10.9. The second-order valence-corrected chi connectivity index (χ2v) is 3.75. The van der Waals surface area contributed by atoms with E-state index in [1.54, 1.807) is 18.2 Å². The van der Waals surface area contributed by atoms with Crippen LogP contribution in [0.5, 0.6) is 5.75 Å². The SMILES string of the molecule is O=C(O)c1onc(Br)c1-c1ccccc1O. The van der Waals surface area contributed by atoms with Gasteiger partial charge in [-0.3, -0.25) is 0 Å². The summed E-state index contributed by atoms with van der Waals surface area (Å²) in [6, 6.07) is 6.36. The normalized spacial score (nSPS) is 10.3. The lowest BCUT2D eigenvalue weighted by molar-refractivity contribution is 0.0653. The van der Waals surface area contributed by atoms with Gasteiger partial charge in [0.25, 0.3) is 5.76 Å². The molecule has 0 spiro atoms. The number of phenolic OH excluding ortho intramolecular Hbond substituents is 1. The molecule has 0 saturated carbocycles. The monoisotopic (exact) mass is 283 g/mol. The molecule has 1 heterocycles. The van der Waals surface area contributed by atoms with Crippen molar-refractivity contribution < 1.29 is 19.5 Å². The Labute approximate surface area is 98.4 Å². The summed E-state index contributed by atoms with van der Waals surface area (Å²) in [5.41, 5.74) is 0.582. The molecule has 0 atom stereocenters. The summed E-state index contributed by atoms with van der Waals surface area (Å²) in [6.07, 6.45) is 0. The largest absolute Gasteiger partial charge is 0.507 e. The van der Waals surface area contributed by atoms with Gasteiger partial charge in [0.15, 0.2) is 4.60 Å². The van der Waals surface area contributed by atoms with Crippen molar-refractivity contribution in [3.8, 4) is 16.9 Å². The molecule has 0 radical (unpaired) electrons. The number of aromatic hydroxyl groups is 1. The van der Waals surface area contributed by atoms with Gasteiger partial charge in [0.2, 0.25) is 0 Å². The number of rotatable bonds is 2. The van der Waals surface area contributed by atoms with E-state index in [1.165, 1.54) is 6.07 Å². The van der Waals surface area contributed by atoms with Gasteiger partial charge in [0, 0.05) is 5.56 Å². The lowest BCUT2D eigenvalue weighted by Gasteiger charge is -2.01. The van der Waals surface area contributed by atoms with Crippen LogP contribution in [0.2, 0.25) is 0 Å². The number of carbonyl (C=O) groups is 1. The quantitative estimate of drug-likeness (QED) is 0.885. The maximum Gasteiger partial charge on any atom is 0.375 e. The van der Waals surface area contributed by atoms with Crippen LogP contribution >= 0.6 is 15.9 Å². The van der Waals surface area contributed by atoms with E-state index in [4.69, 9.17) is 5.11 Å². The Morgan fingerprint density at radius 2 is 2.06 bits per heavy atom. The van der Waals surface area contributed by atoms with Crippen molar-refractivity contribution >= 4 is 21.9 Å². The molecular weight excluding hydrogens is 278 g/mol. The van der Waals surface area contributed by atoms with Crippen LogP contribution in [-0.2, 0) is 0 Å². The Kier molecular flexibility index (Phi) is 2.66. The summed E-state index contributed by atoms with van der Waals surface area (Å²) in [4.78, 5) is 10.9. The number of nitrogens with zero attached hydrogens (tertiary/aromatic N) is 1. The lowest BCUT2D eigenvalue weighted by atomic mass is 10.1. The third-order valence-corrected chi connectivity index (χ3v) is 2.56. The maximum absolute atomic E-state index is 10.9. The first kappa shape index (κ1) is 10.7. The van der Waals surface area contributed by atoms with Gasteiger partial charge in [-0.25, -0.2) is 4.79 Å². The number of benzene rings is 1. The highest BCUT2D eigenvalue weighted by Crippen LogP contribution is 2.36. The average Bonchev–Trinajstić information content (AvgIpc) is 2.61. The Morgan fingerprint density at radius 3 is 2.69 bits per heavy atom. The van der Waals surface area contributed by atoms with Crippen molar-refractivity contribution in [3.05, 3.63) is 34.6 Å².